The number of benzene rings is 2. The first kappa shape index (κ1) is 17.0. The molecule has 2 aromatic rings. The molecule has 0 saturated carbocycles. The van der Waals surface area contributed by atoms with Crippen LogP contribution in [0.4, 0.5) is 0 Å². The van der Waals surface area contributed by atoms with Crippen LogP contribution in [-0.4, -0.2) is 24.0 Å². The van der Waals surface area contributed by atoms with E-state index in [4.69, 9.17) is 10.5 Å². The van der Waals surface area contributed by atoms with Crippen LogP contribution in [0.25, 0.3) is 0 Å². The zero-order chi connectivity index (χ0) is 17.0. The number of nitrogens with two attached hydrogens (primary N) is 1. The fourth-order valence-corrected chi connectivity index (χ4v) is 3.37. The van der Waals surface area contributed by atoms with Crippen molar-refractivity contribution in [3.63, 3.8) is 0 Å². The predicted octanol–water partition coefficient (Wildman–Crippen LogP) is 3.82. The number of piperidine rings is 1. The maximum atomic E-state index is 6.26. The van der Waals surface area contributed by atoms with Crippen LogP contribution in [0.3, 0.4) is 0 Å². The van der Waals surface area contributed by atoms with Gasteiger partial charge in [0, 0.05) is 31.2 Å². The van der Waals surface area contributed by atoms with Crippen LogP contribution in [0.2, 0.25) is 0 Å². The van der Waals surface area contributed by atoms with E-state index in [1.54, 1.807) is 0 Å². The molecule has 3 nitrogen and oxygen atoms in total. The average molecular weight is 324 g/mol. The second-order valence-corrected chi connectivity index (χ2v) is 7.48. The zero-order valence-electron chi connectivity index (χ0n) is 14.7. The van der Waals surface area contributed by atoms with Gasteiger partial charge in [-0.05, 0) is 23.5 Å². The minimum absolute atomic E-state index is 0.165. The summed E-state index contributed by atoms with van der Waals surface area (Å²) < 4.78 is 6.09. The summed E-state index contributed by atoms with van der Waals surface area (Å²) in [5.41, 5.74) is 8.87. The third-order valence-electron chi connectivity index (χ3n) is 4.99. The largest absolute Gasteiger partial charge is 0.489 e. The molecule has 1 aliphatic rings. The lowest BCUT2D eigenvalue weighted by Crippen LogP contribution is -2.52. The Morgan fingerprint density at radius 1 is 1.08 bits per heavy atom. The maximum Gasteiger partial charge on any atom is 0.124 e. The van der Waals surface area contributed by atoms with Crippen molar-refractivity contribution >= 4 is 0 Å². The van der Waals surface area contributed by atoms with E-state index < -0.39 is 0 Å². The number of likely N-dealkylation sites (tertiary alicyclic amines) is 1. The van der Waals surface area contributed by atoms with Gasteiger partial charge in [0.1, 0.15) is 12.4 Å². The van der Waals surface area contributed by atoms with E-state index in [1.807, 2.05) is 24.3 Å². The van der Waals surface area contributed by atoms with E-state index in [-0.39, 0.29) is 5.41 Å². The average Bonchev–Trinajstić information content (AvgIpc) is 2.58. The Labute approximate surface area is 145 Å². The Bertz CT molecular complexity index is 654. The number of hydrogen-bond donors (Lipinski definition) is 1. The van der Waals surface area contributed by atoms with Crippen LogP contribution in [0.5, 0.6) is 5.75 Å². The van der Waals surface area contributed by atoms with Crippen LogP contribution in [0.15, 0.2) is 54.6 Å². The topological polar surface area (TPSA) is 38.5 Å². The van der Waals surface area contributed by atoms with Crippen molar-refractivity contribution in [1.29, 1.82) is 0 Å². The van der Waals surface area contributed by atoms with Gasteiger partial charge >= 0.3 is 0 Å². The summed E-state index contributed by atoms with van der Waals surface area (Å²) in [7, 11) is 0. The Balaban J connectivity index is 1.66. The summed E-state index contributed by atoms with van der Waals surface area (Å²) >= 11 is 0. The molecule has 0 aliphatic carbocycles. The highest BCUT2D eigenvalue weighted by Crippen LogP contribution is 2.30. The van der Waals surface area contributed by atoms with Gasteiger partial charge in [-0.1, -0.05) is 62.4 Å². The molecule has 1 atom stereocenters. The van der Waals surface area contributed by atoms with Gasteiger partial charge < -0.3 is 10.5 Å². The summed E-state index contributed by atoms with van der Waals surface area (Å²) in [5, 5.41) is 0. The summed E-state index contributed by atoms with van der Waals surface area (Å²) in [5.74, 6) is 0.981. The molecule has 1 saturated heterocycles. The molecule has 1 fully saturated rings. The van der Waals surface area contributed by atoms with E-state index in [0.29, 0.717) is 12.6 Å². The molecule has 0 bridgehead atoms. The molecule has 1 heterocycles. The lowest BCUT2D eigenvalue weighted by atomic mass is 9.79. The van der Waals surface area contributed by atoms with Crippen LogP contribution in [0, 0.1) is 5.41 Å². The van der Waals surface area contributed by atoms with Gasteiger partial charge in [-0.3, -0.25) is 4.90 Å². The molecule has 0 radical (unpaired) electrons. The maximum absolute atomic E-state index is 6.26. The Morgan fingerprint density at radius 3 is 2.54 bits per heavy atom. The fraction of sp³-hybridized carbons (Fsp3) is 0.429. The van der Waals surface area contributed by atoms with Gasteiger partial charge in [0.15, 0.2) is 0 Å². The standard InChI is InChI=1S/C21H28N2O/c1-21(2)16-23(13-12-20(21)22)14-18-10-6-7-11-19(18)24-15-17-8-4-3-5-9-17/h3-11,20H,12-16,22H2,1-2H3. The smallest absolute Gasteiger partial charge is 0.124 e. The SMILES string of the molecule is CC1(C)CN(Cc2ccccc2OCc2ccccc2)CCC1N. The van der Waals surface area contributed by atoms with E-state index in [9.17, 15) is 0 Å². The molecule has 3 heteroatoms. The number of para-hydroxylation sites is 1. The van der Waals surface area contributed by atoms with Gasteiger partial charge in [-0.2, -0.15) is 0 Å². The fourth-order valence-electron chi connectivity index (χ4n) is 3.37. The van der Waals surface area contributed by atoms with Crippen LogP contribution in [-0.2, 0) is 13.2 Å². The zero-order valence-corrected chi connectivity index (χ0v) is 14.7. The Morgan fingerprint density at radius 2 is 1.79 bits per heavy atom. The van der Waals surface area contributed by atoms with Crippen LogP contribution >= 0.6 is 0 Å². The lowest BCUT2D eigenvalue weighted by molar-refractivity contribution is 0.0889. The van der Waals surface area contributed by atoms with E-state index in [1.165, 1.54) is 11.1 Å². The van der Waals surface area contributed by atoms with Gasteiger partial charge in [0.2, 0.25) is 0 Å². The Kier molecular flexibility index (Phi) is 5.22. The molecule has 1 unspecified atom stereocenters. The second-order valence-electron chi connectivity index (χ2n) is 7.48. The first-order chi connectivity index (χ1) is 11.5. The number of rotatable bonds is 5. The van der Waals surface area contributed by atoms with Gasteiger partial charge in [-0.25, -0.2) is 0 Å². The quantitative estimate of drug-likeness (QED) is 0.908. The number of ether oxygens (including phenoxy) is 1. The Hall–Kier alpha value is -1.84. The monoisotopic (exact) mass is 324 g/mol. The lowest BCUT2D eigenvalue weighted by Gasteiger charge is -2.42. The molecule has 24 heavy (non-hydrogen) atoms. The number of hydrogen-bond acceptors (Lipinski definition) is 3. The van der Waals surface area contributed by atoms with Gasteiger partial charge in [-0.15, -0.1) is 0 Å². The highest BCUT2D eigenvalue weighted by molar-refractivity contribution is 5.33. The molecule has 3 rings (SSSR count). The summed E-state index contributed by atoms with van der Waals surface area (Å²) in [4.78, 5) is 2.49. The van der Waals surface area contributed by atoms with Crippen LogP contribution in [0.1, 0.15) is 31.4 Å². The molecular formula is C21H28N2O. The molecule has 2 aromatic carbocycles. The molecule has 128 valence electrons. The van der Waals surface area contributed by atoms with Crippen LogP contribution < -0.4 is 10.5 Å². The summed E-state index contributed by atoms with van der Waals surface area (Å²) in [6.07, 6.45) is 1.06. The van der Waals surface area contributed by atoms with Crippen molar-refractivity contribution in [2.75, 3.05) is 13.1 Å². The minimum atomic E-state index is 0.165. The van der Waals surface area contributed by atoms with Crippen molar-refractivity contribution in [3.05, 3.63) is 65.7 Å². The number of nitrogens with zero attached hydrogens (tertiary/aromatic N) is 1. The van der Waals surface area contributed by atoms with Crippen molar-refractivity contribution in [2.24, 2.45) is 11.1 Å². The third kappa shape index (κ3) is 4.16. The molecular weight excluding hydrogens is 296 g/mol. The second kappa shape index (κ2) is 7.37. The van der Waals surface area contributed by atoms with Crippen molar-refractivity contribution in [1.82, 2.24) is 4.90 Å². The molecule has 0 aromatic heterocycles. The summed E-state index contributed by atoms with van der Waals surface area (Å²) in [6.45, 7) is 8.14. The first-order valence-electron chi connectivity index (χ1n) is 8.77. The molecule has 1 aliphatic heterocycles. The molecule has 0 spiro atoms. The first-order valence-corrected chi connectivity index (χ1v) is 8.77. The summed E-state index contributed by atoms with van der Waals surface area (Å²) in [6, 6.07) is 19.0. The minimum Gasteiger partial charge on any atom is -0.489 e. The molecule has 0 amide bonds. The van der Waals surface area contributed by atoms with Crippen molar-refractivity contribution < 1.29 is 4.74 Å². The van der Waals surface area contributed by atoms with E-state index in [0.717, 1.165) is 31.8 Å². The predicted molar refractivity (Wildman–Crippen MR) is 98.9 cm³/mol. The van der Waals surface area contributed by atoms with Gasteiger partial charge in [0.05, 0.1) is 0 Å². The highest BCUT2D eigenvalue weighted by atomic mass is 16.5. The van der Waals surface area contributed by atoms with Crippen molar-refractivity contribution in [3.8, 4) is 5.75 Å². The van der Waals surface area contributed by atoms with E-state index >= 15 is 0 Å². The van der Waals surface area contributed by atoms with E-state index in [2.05, 4.69) is 49.1 Å². The normalized spacial score (nSPS) is 20.7. The highest BCUT2D eigenvalue weighted by Gasteiger charge is 2.33. The third-order valence-corrected chi connectivity index (χ3v) is 4.99. The van der Waals surface area contributed by atoms with Crippen molar-refractivity contribution in [2.45, 2.75) is 39.5 Å². The molecule has 2 N–H and O–H groups in total. The van der Waals surface area contributed by atoms with Gasteiger partial charge in [0.25, 0.3) is 0 Å².